The average molecular weight is 260 g/mol. The van der Waals surface area contributed by atoms with Crippen molar-refractivity contribution in [2.75, 3.05) is 5.73 Å². The molecule has 0 fully saturated rings. The Kier molecular flexibility index (Phi) is 3.13. The second kappa shape index (κ2) is 5.10. The monoisotopic (exact) mass is 260 g/mol. The van der Waals surface area contributed by atoms with Crippen molar-refractivity contribution in [3.8, 4) is 0 Å². The highest BCUT2D eigenvalue weighted by Crippen LogP contribution is 2.26. The van der Waals surface area contributed by atoms with E-state index in [1.54, 1.807) is 0 Å². The summed E-state index contributed by atoms with van der Waals surface area (Å²) in [4.78, 5) is 3.19. The highest BCUT2D eigenvalue weighted by atomic mass is 14.8. The molecule has 20 heavy (non-hydrogen) atoms. The van der Waals surface area contributed by atoms with E-state index in [1.807, 2.05) is 60.7 Å². The molecule has 0 aliphatic carbocycles. The van der Waals surface area contributed by atoms with Crippen LogP contribution in [0.25, 0.3) is 22.6 Å². The van der Waals surface area contributed by atoms with Crippen LogP contribution in [0.4, 0.5) is 5.82 Å². The van der Waals surface area contributed by atoms with E-state index in [4.69, 9.17) is 5.73 Å². The number of aromatic amines is 1. The number of para-hydroxylation sites is 1. The molecular formula is C18H16N2. The lowest BCUT2D eigenvalue weighted by Gasteiger charge is -1.99. The third-order valence-corrected chi connectivity index (χ3v) is 3.37. The molecule has 0 aliphatic heterocycles. The highest BCUT2D eigenvalue weighted by Gasteiger charge is 2.05. The molecule has 0 saturated carbocycles. The van der Waals surface area contributed by atoms with Crippen LogP contribution in [-0.2, 0) is 0 Å². The summed E-state index contributed by atoms with van der Waals surface area (Å²) < 4.78 is 0. The Morgan fingerprint density at radius 2 is 1.70 bits per heavy atom. The van der Waals surface area contributed by atoms with Crippen LogP contribution >= 0.6 is 0 Å². The van der Waals surface area contributed by atoms with Gasteiger partial charge in [-0.05, 0) is 17.2 Å². The summed E-state index contributed by atoms with van der Waals surface area (Å²) >= 11 is 0. The van der Waals surface area contributed by atoms with Gasteiger partial charge in [0.25, 0.3) is 0 Å². The van der Waals surface area contributed by atoms with E-state index in [0.717, 1.165) is 27.6 Å². The van der Waals surface area contributed by atoms with Gasteiger partial charge in [-0.1, -0.05) is 67.3 Å². The Labute approximate surface area is 118 Å². The summed E-state index contributed by atoms with van der Waals surface area (Å²) in [5, 5.41) is 1.13. The molecule has 2 nitrogen and oxygen atoms in total. The molecule has 0 unspecified atom stereocenters. The minimum absolute atomic E-state index is 0.684. The Balaban J connectivity index is 1.95. The standard InChI is InChI=1S/C18H16N2/c1-13(14-7-3-2-4-8-14)11-12-16-15-9-5-6-10-17(15)20-18(16)19/h2-12,20H,1,19H2/b12-11-. The fraction of sp³-hybridized carbons (Fsp3) is 0. The smallest absolute Gasteiger partial charge is 0.109 e. The molecule has 0 bridgehead atoms. The van der Waals surface area contributed by atoms with Crippen LogP contribution in [-0.4, -0.2) is 4.98 Å². The summed E-state index contributed by atoms with van der Waals surface area (Å²) in [5.41, 5.74) is 10.2. The number of nitrogen functional groups attached to an aromatic ring is 1. The molecule has 1 aromatic heterocycles. The normalized spacial score (nSPS) is 11.2. The van der Waals surface area contributed by atoms with Crippen LogP contribution in [0.15, 0.2) is 67.3 Å². The summed E-state index contributed by atoms with van der Waals surface area (Å²) in [7, 11) is 0. The molecule has 0 spiro atoms. The second-order valence-corrected chi connectivity index (χ2v) is 4.72. The van der Waals surface area contributed by atoms with E-state index in [9.17, 15) is 0 Å². The van der Waals surface area contributed by atoms with Gasteiger partial charge in [0.1, 0.15) is 5.82 Å². The first-order valence-corrected chi connectivity index (χ1v) is 6.54. The zero-order valence-corrected chi connectivity index (χ0v) is 11.1. The zero-order valence-electron chi connectivity index (χ0n) is 11.1. The molecule has 3 N–H and O–H groups in total. The molecular weight excluding hydrogens is 244 g/mol. The topological polar surface area (TPSA) is 41.8 Å². The maximum Gasteiger partial charge on any atom is 0.109 e. The van der Waals surface area contributed by atoms with Crippen molar-refractivity contribution in [2.24, 2.45) is 0 Å². The number of H-pyrrole nitrogens is 1. The number of hydrogen-bond donors (Lipinski definition) is 2. The molecule has 3 rings (SSSR count). The Morgan fingerprint density at radius 3 is 2.50 bits per heavy atom. The number of allylic oxidation sites excluding steroid dienone is 2. The van der Waals surface area contributed by atoms with Gasteiger partial charge < -0.3 is 10.7 Å². The average Bonchev–Trinajstić information content (AvgIpc) is 2.81. The van der Waals surface area contributed by atoms with E-state index in [0.29, 0.717) is 5.82 Å². The van der Waals surface area contributed by atoms with E-state index in [1.165, 1.54) is 0 Å². The Bertz CT molecular complexity index is 780. The number of rotatable bonds is 3. The lowest BCUT2D eigenvalue weighted by molar-refractivity contribution is 1.47. The van der Waals surface area contributed by atoms with Gasteiger partial charge in [-0.3, -0.25) is 0 Å². The number of anilines is 1. The van der Waals surface area contributed by atoms with Gasteiger partial charge in [0.2, 0.25) is 0 Å². The number of nitrogens with one attached hydrogen (secondary N) is 1. The van der Waals surface area contributed by atoms with Gasteiger partial charge in [0, 0.05) is 16.5 Å². The van der Waals surface area contributed by atoms with Gasteiger partial charge in [-0.15, -0.1) is 0 Å². The maximum atomic E-state index is 6.04. The molecule has 0 atom stereocenters. The van der Waals surface area contributed by atoms with Crippen molar-refractivity contribution in [3.05, 3.63) is 78.4 Å². The summed E-state index contributed by atoms with van der Waals surface area (Å²) in [6, 6.07) is 18.2. The van der Waals surface area contributed by atoms with E-state index in [-0.39, 0.29) is 0 Å². The first-order chi connectivity index (χ1) is 9.75. The van der Waals surface area contributed by atoms with Gasteiger partial charge in [-0.2, -0.15) is 0 Å². The number of aromatic nitrogens is 1. The molecule has 0 aliphatic rings. The quantitative estimate of drug-likeness (QED) is 0.670. The number of hydrogen-bond acceptors (Lipinski definition) is 1. The van der Waals surface area contributed by atoms with Crippen LogP contribution in [0.1, 0.15) is 11.1 Å². The van der Waals surface area contributed by atoms with Crippen molar-refractivity contribution >= 4 is 28.4 Å². The first-order valence-electron chi connectivity index (χ1n) is 6.54. The van der Waals surface area contributed by atoms with Gasteiger partial charge in [0.15, 0.2) is 0 Å². The lowest BCUT2D eigenvalue weighted by Crippen LogP contribution is -1.86. The van der Waals surface area contributed by atoms with Crippen LogP contribution in [0.3, 0.4) is 0 Å². The predicted octanol–water partition coefficient (Wildman–Crippen LogP) is 4.48. The number of fused-ring (bicyclic) bond motifs is 1. The molecule has 2 heteroatoms. The third kappa shape index (κ3) is 2.24. The summed E-state index contributed by atoms with van der Waals surface area (Å²) in [5.74, 6) is 0.684. The number of nitrogens with two attached hydrogens (primary N) is 1. The minimum atomic E-state index is 0.684. The fourth-order valence-electron chi connectivity index (χ4n) is 2.30. The molecule has 0 amide bonds. The summed E-state index contributed by atoms with van der Waals surface area (Å²) in [6.45, 7) is 4.10. The first kappa shape index (κ1) is 12.3. The molecule has 3 aromatic rings. The van der Waals surface area contributed by atoms with Crippen molar-refractivity contribution in [2.45, 2.75) is 0 Å². The minimum Gasteiger partial charge on any atom is -0.385 e. The van der Waals surface area contributed by atoms with Gasteiger partial charge >= 0.3 is 0 Å². The summed E-state index contributed by atoms with van der Waals surface area (Å²) in [6.07, 6.45) is 4.02. The molecule has 0 radical (unpaired) electrons. The molecule has 2 aromatic carbocycles. The van der Waals surface area contributed by atoms with E-state index < -0.39 is 0 Å². The predicted molar refractivity (Wildman–Crippen MR) is 87.2 cm³/mol. The van der Waals surface area contributed by atoms with Crippen LogP contribution < -0.4 is 5.73 Å². The van der Waals surface area contributed by atoms with E-state index >= 15 is 0 Å². The molecule has 1 heterocycles. The van der Waals surface area contributed by atoms with Crippen molar-refractivity contribution in [1.82, 2.24) is 4.98 Å². The van der Waals surface area contributed by atoms with Gasteiger partial charge in [0.05, 0.1) is 0 Å². The van der Waals surface area contributed by atoms with E-state index in [2.05, 4.69) is 17.6 Å². The Morgan fingerprint density at radius 1 is 1.00 bits per heavy atom. The van der Waals surface area contributed by atoms with Crippen LogP contribution in [0, 0.1) is 0 Å². The van der Waals surface area contributed by atoms with Crippen molar-refractivity contribution in [1.29, 1.82) is 0 Å². The van der Waals surface area contributed by atoms with Crippen LogP contribution in [0.2, 0.25) is 0 Å². The Hall–Kier alpha value is -2.74. The fourth-order valence-corrected chi connectivity index (χ4v) is 2.30. The SMILES string of the molecule is C=C(/C=C\c1c(N)[nH]c2ccccc12)c1ccccc1. The number of benzene rings is 2. The van der Waals surface area contributed by atoms with Crippen LogP contribution in [0.5, 0.6) is 0 Å². The largest absolute Gasteiger partial charge is 0.385 e. The zero-order chi connectivity index (χ0) is 13.9. The van der Waals surface area contributed by atoms with Crippen molar-refractivity contribution in [3.63, 3.8) is 0 Å². The van der Waals surface area contributed by atoms with Gasteiger partial charge in [-0.25, -0.2) is 0 Å². The van der Waals surface area contributed by atoms with Crippen molar-refractivity contribution < 1.29 is 0 Å². The maximum absolute atomic E-state index is 6.04. The highest BCUT2D eigenvalue weighted by molar-refractivity contribution is 5.95. The second-order valence-electron chi connectivity index (χ2n) is 4.72. The lowest BCUT2D eigenvalue weighted by atomic mass is 10.1. The molecule has 0 saturated heterocycles. The molecule has 98 valence electrons. The third-order valence-electron chi connectivity index (χ3n) is 3.37.